The molecule has 0 bridgehead atoms. The molecule has 0 unspecified atom stereocenters. The fourth-order valence-electron chi connectivity index (χ4n) is 3.03. The summed E-state index contributed by atoms with van der Waals surface area (Å²) in [5.41, 5.74) is 8.39. The highest BCUT2D eigenvalue weighted by Crippen LogP contribution is 2.38. The minimum Gasteiger partial charge on any atom is -0.443 e. The summed E-state index contributed by atoms with van der Waals surface area (Å²) in [4.78, 5) is 19.8. The zero-order valence-corrected chi connectivity index (χ0v) is 17.7. The molecule has 1 amide bonds. The summed E-state index contributed by atoms with van der Waals surface area (Å²) in [6.07, 6.45) is 2.73. The molecule has 1 aromatic carbocycles. The molecule has 2 N–H and O–H groups in total. The molecule has 0 fully saturated rings. The third-order valence-corrected chi connectivity index (χ3v) is 5.18. The molecule has 4 aromatic rings. The molecular formula is C22H21N5O2S. The van der Waals surface area contributed by atoms with Crippen LogP contribution in [0.2, 0.25) is 0 Å². The van der Waals surface area contributed by atoms with Gasteiger partial charge in [0.05, 0.1) is 23.0 Å². The van der Waals surface area contributed by atoms with Gasteiger partial charge in [0.2, 0.25) is 0 Å². The van der Waals surface area contributed by atoms with Crippen molar-refractivity contribution in [2.45, 2.75) is 26.4 Å². The minimum atomic E-state index is -0.688. The molecule has 0 saturated carbocycles. The molecule has 3 heterocycles. The van der Waals surface area contributed by atoms with Crippen LogP contribution in [0.3, 0.4) is 0 Å². The number of fused-ring (bicyclic) bond motifs is 1. The fraction of sp³-hybridized carbons (Fsp3) is 0.182. The molecule has 152 valence electrons. The number of nitrogen functional groups attached to an aromatic ring is 1. The van der Waals surface area contributed by atoms with Gasteiger partial charge < -0.3 is 10.5 Å². The van der Waals surface area contributed by atoms with E-state index >= 15 is 0 Å². The van der Waals surface area contributed by atoms with Gasteiger partial charge in [0.15, 0.2) is 5.82 Å². The lowest BCUT2D eigenvalue weighted by atomic mass is 10.1. The van der Waals surface area contributed by atoms with E-state index in [-0.39, 0.29) is 0 Å². The number of hydrogen-bond acceptors (Lipinski definition) is 7. The Morgan fingerprint density at radius 1 is 1.13 bits per heavy atom. The number of carbonyl (C=O) groups is 1. The maximum atomic E-state index is 13.3. The van der Waals surface area contributed by atoms with Crippen molar-refractivity contribution in [1.29, 1.82) is 0 Å². The van der Waals surface area contributed by atoms with Crippen LogP contribution < -0.4 is 10.6 Å². The average molecular weight is 420 g/mol. The number of nitrogens with zero attached hydrogens (tertiary/aromatic N) is 4. The van der Waals surface area contributed by atoms with Crippen LogP contribution in [0.1, 0.15) is 20.8 Å². The molecule has 0 aliphatic carbocycles. The van der Waals surface area contributed by atoms with E-state index in [1.807, 2.05) is 51.1 Å². The number of rotatable bonds is 3. The van der Waals surface area contributed by atoms with Crippen molar-refractivity contribution in [1.82, 2.24) is 15.2 Å². The second-order valence-electron chi connectivity index (χ2n) is 7.69. The number of thiophene rings is 1. The Morgan fingerprint density at radius 3 is 2.63 bits per heavy atom. The van der Waals surface area contributed by atoms with Crippen LogP contribution in [0, 0.1) is 0 Å². The van der Waals surface area contributed by atoms with Crippen molar-refractivity contribution < 1.29 is 9.53 Å². The molecule has 4 rings (SSSR count). The topological polar surface area (TPSA) is 94.2 Å². The summed E-state index contributed by atoms with van der Waals surface area (Å²) in [5.74, 6) is 0.337. The molecule has 0 spiro atoms. The Kier molecular flexibility index (Phi) is 5.09. The van der Waals surface area contributed by atoms with E-state index in [4.69, 9.17) is 10.5 Å². The van der Waals surface area contributed by atoms with Crippen LogP contribution in [-0.4, -0.2) is 26.9 Å². The van der Waals surface area contributed by atoms with E-state index in [2.05, 4.69) is 15.2 Å². The van der Waals surface area contributed by atoms with Crippen LogP contribution >= 0.6 is 11.3 Å². The van der Waals surface area contributed by atoms with Gasteiger partial charge in [0, 0.05) is 17.1 Å². The maximum absolute atomic E-state index is 13.3. The molecular weight excluding hydrogens is 398 g/mol. The summed E-state index contributed by atoms with van der Waals surface area (Å²) in [5, 5.41) is 10.9. The van der Waals surface area contributed by atoms with Crippen molar-refractivity contribution in [3.05, 3.63) is 60.2 Å². The number of hydrogen-bond donors (Lipinski definition) is 1. The Balaban J connectivity index is 1.88. The number of nitrogens with two attached hydrogens (primary N) is 1. The van der Waals surface area contributed by atoms with Crippen molar-refractivity contribution in [3.63, 3.8) is 0 Å². The molecule has 0 atom stereocenters. The highest BCUT2D eigenvalue weighted by atomic mass is 32.1. The summed E-state index contributed by atoms with van der Waals surface area (Å²) >= 11 is 1.41. The highest BCUT2D eigenvalue weighted by Gasteiger charge is 2.28. The first kappa shape index (κ1) is 19.8. The van der Waals surface area contributed by atoms with Crippen LogP contribution in [0.4, 0.5) is 22.0 Å². The number of amides is 1. The second kappa shape index (κ2) is 7.72. The minimum absolute atomic E-state index is 0.337. The maximum Gasteiger partial charge on any atom is 0.420 e. The van der Waals surface area contributed by atoms with E-state index < -0.39 is 11.7 Å². The Morgan fingerprint density at radius 2 is 1.90 bits per heavy atom. The van der Waals surface area contributed by atoms with Crippen LogP contribution in [-0.2, 0) is 4.74 Å². The molecule has 3 aromatic heterocycles. The fourth-order valence-corrected chi connectivity index (χ4v) is 3.85. The Bertz CT molecular complexity index is 1200. The van der Waals surface area contributed by atoms with E-state index in [9.17, 15) is 4.79 Å². The van der Waals surface area contributed by atoms with Gasteiger partial charge in [-0.1, -0.05) is 30.3 Å². The number of carbonyl (C=O) groups excluding carboxylic acids is 1. The van der Waals surface area contributed by atoms with Gasteiger partial charge in [-0.05, 0) is 38.5 Å². The quantitative estimate of drug-likeness (QED) is 0.477. The number of aromatic nitrogens is 3. The number of benzene rings is 1. The van der Waals surface area contributed by atoms with Gasteiger partial charge >= 0.3 is 6.09 Å². The van der Waals surface area contributed by atoms with E-state index in [1.165, 1.54) is 16.2 Å². The number of ether oxygens (including phenoxy) is 1. The standard InChI is InChI=1S/C22H21N5O2S/c1-22(2,3)29-21(28)27(17-9-10-24-20-19(17)16(23)13-30-20)18-11-15(12-25-26-18)14-7-5-4-6-8-14/h4-13H,23H2,1-3H3. The molecule has 30 heavy (non-hydrogen) atoms. The summed E-state index contributed by atoms with van der Waals surface area (Å²) in [6, 6.07) is 13.3. The van der Waals surface area contributed by atoms with Gasteiger partial charge in [-0.2, -0.15) is 5.10 Å². The van der Waals surface area contributed by atoms with Crippen molar-refractivity contribution in [2.24, 2.45) is 0 Å². The lowest BCUT2D eigenvalue weighted by Crippen LogP contribution is -2.34. The second-order valence-corrected chi connectivity index (χ2v) is 8.54. The molecule has 0 aliphatic rings. The van der Waals surface area contributed by atoms with Crippen molar-refractivity contribution in [2.75, 3.05) is 10.6 Å². The Hall–Kier alpha value is -3.52. The zero-order chi connectivity index (χ0) is 21.3. The largest absolute Gasteiger partial charge is 0.443 e. The first-order chi connectivity index (χ1) is 14.3. The van der Waals surface area contributed by atoms with Crippen molar-refractivity contribution in [3.8, 4) is 11.1 Å². The monoisotopic (exact) mass is 419 g/mol. The summed E-state index contributed by atoms with van der Waals surface area (Å²) in [7, 11) is 0. The lowest BCUT2D eigenvalue weighted by Gasteiger charge is -2.27. The lowest BCUT2D eigenvalue weighted by molar-refractivity contribution is 0.0598. The van der Waals surface area contributed by atoms with Gasteiger partial charge in [-0.25, -0.2) is 14.7 Å². The third-order valence-electron chi connectivity index (χ3n) is 4.28. The van der Waals surface area contributed by atoms with Gasteiger partial charge in [-0.3, -0.25) is 0 Å². The van der Waals surface area contributed by atoms with Gasteiger partial charge in [0.1, 0.15) is 10.4 Å². The summed E-state index contributed by atoms with van der Waals surface area (Å²) < 4.78 is 5.68. The summed E-state index contributed by atoms with van der Waals surface area (Å²) in [6.45, 7) is 5.45. The average Bonchev–Trinajstić information content (AvgIpc) is 3.10. The number of pyridine rings is 1. The molecule has 0 radical (unpaired) electrons. The van der Waals surface area contributed by atoms with Gasteiger partial charge in [-0.15, -0.1) is 16.4 Å². The third kappa shape index (κ3) is 3.95. The normalized spacial score (nSPS) is 11.4. The van der Waals surface area contributed by atoms with Crippen molar-refractivity contribution >= 4 is 44.8 Å². The predicted molar refractivity (Wildman–Crippen MR) is 120 cm³/mol. The molecule has 0 aliphatic heterocycles. The zero-order valence-electron chi connectivity index (χ0n) is 16.9. The van der Waals surface area contributed by atoms with E-state index in [0.717, 1.165) is 16.0 Å². The van der Waals surface area contributed by atoms with E-state index in [0.29, 0.717) is 22.6 Å². The van der Waals surface area contributed by atoms with Crippen LogP contribution in [0.25, 0.3) is 21.3 Å². The molecule has 7 nitrogen and oxygen atoms in total. The van der Waals surface area contributed by atoms with E-state index in [1.54, 1.807) is 29.9 Å². The predicted octanol–water partition coefficient (Wildman–Crippen LogP) is 5.41. The molecule has 8 heteroatoms. The SMILES string of the molecule is CC(C)(C)OC(=O)N(c1cc(-c2ccccc2)cnn1)c1ccnc2scc(N)c12. The highest BCUT2D eigenvalue weighted by molar-refractivity contribution is 7.17. The Labute approximate surface area is 178 Å². The molecule has 0 saturated heterocycles. The van der Waals surface area contributed by atoms with Crippen LogP contribution in [0.5, 0.6) is 0 Å². The first-order valence-corrected chi connectivity index (χ1v) is 10.2. The van der Waals surface area contributed by atoms with Gasteiger partial charge in [0.25, 0.3) is 0 Å². The first-order valence-electron chi connectivity index (χ1n) is 9.36. The smallest absolute Gasteiger partial charge is 0.420 e. The number of anilines is 3. The van der Waals surface area contributed by atoms with Crippen LogP contribution in [0.15, 0.2) is 60.2 Å².